The molecule has 4 aromatic rings. The van der Waals surface area contributed by atoms with Gasteiger partial charge >= 0.3 is 0 Å². The lowest BCUT2D eigenvalue weighted by molar-refractivity contribution is -0.0910. The molecule has 0 aliphatic carbocycles. The molecule has 3 aromatic carbocycles. The maximum absolute atomic E-state index is 14.1. The van der Waals surface area contributed by atoms with Crippen LogP contribution in [0, 0.1) is 5.82 Å². The number of likely N-dealkylation sites (tertiary alicyclic amines) is 1. The van der Waals surface area contributed by atoms with Gasteiger partial charge in [-0.15, -0.1) is 0 Å². The van der Waals surface area contributed by atoms with Crippen LogP contribution in [-0.2, 0) is 4.74 Å². The minimum absolute atomic E-state index is 0.0434. The van der Waals surface area contributed by atoms with Crippen molar-refractivity contribution in [3.05, 3.63) is 89.9 Å². The third-order valence-corrected chi connectivity index (χ3v) is 7.18. The maximum Gasteiger partial charge on any atom is 0.251 e. The Kier molecular flexibility index (Phi) is 6.13. The zero-order valence-electron chi connectivity index (χ0n) is 19.8. The highest BCUT2D eigenvalue weighted by molar-refractivity contribution is 5.94. The van der Waals surface area contributed by atoms with Crippen molar-refractivity contribution in [1.82, 2.24) is 20.4 Å². The van der Waals surface area contributed by atoms with Gasteiger partial charge in [-0.3, -0.25) is 14.8 Å². The summed E-state index contributed by atoms with van der Waals surface area (Å²) in [6, 6.07) is 22.3. The van der Waals surface area contributed by atoms with Gasteiger partial charge in [0.25, 0.3) is 5.91 Å². The van der Waals surface area contributed by atoms with E-state index in [0.717, 1.165) is 54.9 Å². The van der Waals surface area contributed by atoms with Gasteiger partial charge in [-0.25, -0.2) is 4.39 Å². The van der Waals surface area contributed by atoms with Gasteiger partial charge in [0.15, 0.2) is 0 Å². The van der Waals surface area contributed by atoms with E-state index in [1.165, 1.54) is 6.07 Å². The number of H-pyrrole nitrogens is 1. The van der Waals surface area contributed by atoms with Crippen LogP contribution in [0.1, 0.15) is 34.9 Å². The molecule has 2 saturated heterocycles. The molecule has 0 bridgehead atoms. The van der Waals surface area contributed by atoms with E-state index in [9.17, 15) is 9.18 Å². The summed E-state index contributed by atoms with van der Waals surface area (Å²) in [5.74, 6) is -0.345. The zero-order chi connectivity index (χ0) is 24.5. The molecule has 0 spiro atoms. The second-order valence-electron chi connectivity index (χ2n) is 9.48. The van der Waals surface area contributed by atoms with Crippen LogP contribution in [0.5, 0.6) is 0 Å². The molecular formula is C28H28FN5O2. The van der Waals surface area contributed by atoms with Crippen LogP contribution >= 0.6 is 0 Å². The molecule has 1 aromatic heterocycles. The number of hydrogen-bond donors (Lipinski definition) is 3. The van der Waals surface area contributed by atoms with Gasteiger partial charge in [-0.1, -0.05) is 30.3 Å². The fourth-order valence-corrected chi connectivity index (χ4v) is 5.19. The molecule has 3 heterocycles. The highest BCUT2D eigenvalue weighted by Gasteiger charge is 2.38. The van der Waals surface area contributed by atoms with E-state index in [2.05, 4.69) is 25.7 Å². The second-order valence-corrected chi connectivity index (χ2v) is 9.48. The SMILES string of the molecule is O=C(NC1CCN(C2COC2)C(c2[nH]nc3cc(Nc4ccccc4F)ccc23)C1)c1ccccc1. The number of rotatable bonds is 6. The Morgan fingerprint density at radius 1 is 1.06 bits per heavy atom. The number of fused-ring (bicyclic) bond motifs is 1. The topological polar surface area (TPSA) is 82.3 Å². The average molecular weight is 486 g/mol. The van der Waals surface area contributed by atoms with Crippen LogP contribution in [0.15, 0.2) is 72.8 Å². The Bertz CT molecular complexity index is 1370. The van der Waals surface area contributed by atoms with E-state index in [0.29, 0.717) is 17.3 Å². The number of amides is 1. The quantitative estimate of drug-likeness (QED) is 0.366. The smallest absolute Gasteiger partial charge is 0.251 e. The number of ether oxygens (including phenoxy) is 1. The van der Waals surface area contributed by atoms with Gasteiger partial charge in [0.1, 0.15) is 5.82 Å². The van der Waals surface area contributed by atoms with Crippen molar-refractivity contribution >= 4 is 28.2 Å². The molecule has 1 amide bonds. The summed E-state index contributed by atoms with van der Waals surface area (Å²) >= 11 is 0. The standard InChI is InChI=1S/C28H28FN5O2/c29-23-8-4-5-9-24(23)30-19-10-11-22-25(14-19)32-33-27(22)26-15-20(12-13-34(26)21-16-36-17-21)31-28(35)18-6-2-1-3-7-18/h1-11,14,20-21,26,30H,12-13,15-17H2,(H,31,35)(H,32,33). The number of aromatic nitrogens is 2. The Balaban J connectivity index is 1.25. The maximum atomic E-state index is 14.1. The van der Waals surface area contributed by atoms with Crippen LogP contribution < -0.4 is 10.6 Å². The highest BCUT2D eigenvalue weighted by Crippen LogP contribution is 2.37. The molecule has 2 unspecified atom stereocenters. The van der Waals surface area contributed by atoms with E-state index in [1.54, 1.807) is 18.2 Å². The number of halogens is 1. The molecule has 2 aliphatic rings. The molecule has 2 aliphatic heterocycles. The molecule has 7 nitrogen and oxygen atoms in total. The van der Waals surface area contributed by atoms with E-state index in [-0.39, 0.29) is 23.8 Å². The van der Waals surface area contributed by atoms with Gasteiger partial charge in [-0.05, 0) is 55.3 Å². The van der Waals surface area contributed by atoms with Crippen LogP contribution in [0.2, 0.25) is 0 Å². The highest BCUT2D eigenvalue weighted by atomic mass is 19.1. The number of benzene rings is 3. The van der Waals surface area contributed by atoms with Crippen molar-refractivity contribution in [2.45, 2.75) is 31.0 Å². The Labute approximate surface area is 208 Å². The lowest BCUT2D eigenvalue weighted by Gasteiger charge is -2.46. The van der Waals surface area contributed by atoms with E-state index in [1.807, 2.05) is 48.5 Å². The summed E-state index contributed by atoms with van der Waals surface area (Å²) in [6.07, 6.45) is 1.66. The first-order valence-electron chi connectivity index (χ1n) is 12.3. The predicted molar refractivity (Wildman–Crippen MR) is 137 cm³/mol. The van der Waals surface area contributed by atoms with Crippen molar-refractivity contribution in [1.29, 1.82) is 0 Å². The first-order chi connectivity index (χ1) is 17.7. The summed E-state index contributed by atoms with van der Waals surface area (Å²) in [6.45, 7) is 2.31. The number of nitrogens with one attached hydrogen (secondary N) is 3. The lowest BCUT2D eigenvalue weighted by Crippen LogP contribution is -2.55. The number of carbonyl (C=O) groups is 1. The van der Waals surface area contributed by atoms with Gasteiger partial charge in [-0.2, -0.15) is 5.10 Å². The monoisotopic (exact) mass is 485 g/mol. The summed E-state index contributed by atoms with van der Waals surface area (Å²) in [4.78, 5) is 15.3. The number of hydrogen-bond acceptors (Lipinski definition) is 5. The van der Waals surface area contributed by atoms with Crippen LogP contribution in [0.4, 0.5) is 15.8 Å². The molecule has 36 heavy (non-hydrogen) atoms. The van der Waals surface area contributed by atoms with Gasteiger partial charge in [0, 0.05) is 29.2 Å². The summed E-state index contributed by atoms with van der Waals surface area (Å²) in [7, 11) is 0. The lowest BCUT2D eigenvalue weighted by atomic mass is 9.91. The van der Waals surface area contributed by atoms with E-state index >= 15 is 0 Å². The summed E-state index contributed by atoms with van der Waals surface area (Å²) in [5.41, 5.74) is 3.71. The minimum Gasteiger partial charge on any atom is -0.378 e. The van der Waals surface area contributed by atoms with Crippen molar-refractivity contribution in [3.8, 4) is 0 Å². The predicted octanol–water partition coefficient (Wildman–Crippen LogP) is 4.78. The molecule has 8 heteroatoms. The fraction of sp³-hybridized carbons (Fsp3) is 0.286. The van der Waals surface area contributed by atoms with Crippen molar-refractivity contribution in [3.63, 3.8) is 0 Å². The average Bonchev–Trinajstić information content (AvgIpc) is 3.29. The van der Waals surface area contributed by atoms with Crippen LogP contribution in [0.25, 0.3) is 10.9 Å². The van der Waals surface area contributed by atoms with Crippen molar-refractivity contribution in [2.24, 2.45) is 0 Å². The van der Waals surface area contributed by atoms with Crippen LogP contribution in [0.3, 0.4) is 0 Å². The summed E-state index contributed by atoms with van der Waals surface area (Å²) in [5, 5.41) is 15.3. The van der Waals surface area contributed by atoms with E-state index in [4.69, 9.17) is 4.74 Å². The van der Waals surface area contributed by atoms with Gasteiger partial charge in [0.2, 0.25) is 0 Å². The number of nitrogens with zero attached hydrogens (tertiary/aromatic N) is 2. The Morgan fingerprint density at radius 3 is 2.64 bits per heavy atom. The molecule has 3 N–H and O–H groups in total. The fourth-order valence-electron chi connectivity index (χ4n) is 5.19. The first kappa shape index (κ1) is 22.7. The van der Waals surface area contributed by atoms with Crippen LogP contribution in [-0.4, -0.2) is 52.8 Å². The minimum atomic E-state index is -0.301. The Hall–Kier alpha value is -3.75. The molecule has 184 valence electrons. The normalized spacial score (nSPS) is 20.7. The molecular weight excluding hydrogens is 457 g/mol. The molecule has 6 rings (SSSR count). The third kappa shape index (κ3) is 4.45. The number of aromatic amines is 1. The number of carbonyl (C=O) groups excluding carboxylic acids is 1. The Morgan fingerprint density at radius 2 is 1.86 bits per heavy atom. The van der Waals surface area contributed by atoms with Crippen molar-refractivity contribution in [2.75, 3.05) is 25.1 Å². The first-order valence-corrected chi connectivity index (χ1v) is 12.3. The number of piperidine rings is 1. The third-order valence-electron chi connectivity index (χ3n) is 7.18. The zero-order valence-corrected chi connectivity index (χ0v) is 19.8. The molecule has 0 saturated carbocycles. The molecule has 0 radical (unpaired) electrons. The summed E-state index contributed by atoms with van der Waals surface area (Å²) < 4.78 is 19.6. The number of anilines is 2. The molecule has 2 fully saturated rings. The second kappa shape index (κ2) is 9.72. The number of para-hydroxylation sites is 1. The molecule has 2 atom stereocenters. The van der Waals surface area contributed by atoms with Crippen molar-refractivity contribution < 1.29 is 13.9 Å². The van der Waals surface area contributed by atoms with Gasteiger partial charge < -0.3 is 15.4 Å². The largest absolute Gasteiger partial charge is 0.378 e. The van der Waals surface area contributed by atoms with Gasteiger partial charge in [0.05, 0.1) is 42.2 Å². The van der Waals surface area contributed by atoms with E-state index < -0.39 is 0 Å².